The lowest BCUT2D eigenvalue weighted by Crippen LogP contribution is -2.10. The van der Waals surface area contributed by atoms with E-state index in [0.717, 1.165) is 12.1 Å². The van der Waals surface area contributed by atoms with Crippen molar-refractivity contribution in [2.75, 3.05) is 10.7 Å². The van der Waals surface area contributed by atoms with Gasteiger partial charge in [-0.3, -0.25) is 0 Å². The topological polar surface area (TPSA) is 63.0 Å². The number of hydrogen-bond donors (Lipinski definition) is 3. The fourth-order valence-corrected chi connectivity index (χ4v) is 2.45. The van der Waals surface area contributed by atoms with Crippen molar-refractivity contribution in [2.24, 2.45) is 5.84 Å². The van der Waals surface area contributed by atoms with E-state index < -0.39 is 5.82 Å². The number of nitrogen functional groups attached to an aromatic ring is 1. The van der Waals surface area contributed by atoms with Crippen LogP contribution in [0.2, 0.25) is 20.1 Å². The maximum atomic E-state index is 13.1. The highest BCUT2D eigenvalue weighted by atomic mass is 35.5. The molecule has 1 aromatic heterocycles. The molecule has 9 heteroatoms. The van der Waals surface area contributed by atoms with E-state index in [1.54, 1.807) is 0 Å². The lowest BCUT2D eigenvalue weighted by Gasteiger charge is -2.13. The molecule has 0 aliphatic rings. The summed E-state index contributed by atoms with van der Waals surface area (Å²) in [6.45, 7) is 0. The summed E-state index contributed by atoms with van der Waals surface area (Å²) < 4.78 is 13.1. The van der Waals surface area contributed by atoms with Gasteiger partial charge in [-0.25, -0.2) is 15.2 Å². The van der Waals surface area contributed by atoms with E-state index in [9.17, 15) is 4.39 Å². The second-order valence-corrected chi connectivity index (χ2v) is 5.29. The number of nitrogens with one attached hydrogen (secondary N) is 2. The SMILES string of the molecule is NNc1nc(Nc2c(Cl)cc(F)cc2Cl)c(Cl)cc1Cl. The second-order valence-electron chi connectivity index (χ2n) is 3.66. The zero-order chi connectivity index (χ0) is 14.9. The Morgan fingerprint density at radius 1 is 0.900 bits per heavy atom. The Bertz CT molecular complexity index is 642. The van der Waals surface area contributed by atoms with Crippen LogP contribution in [-0.4, -0.2) is 4.98 Å². The van der Waals surface area contributed by atoms with Crippen LogP contribution >= 0.6 is 46.4 Å². The molecule has 0 saturated heterocycles. The molecule has 0 aliphatic heterocycles. The Kier molecular flexibility index (Phi) is 4.78. The zero-order valence-electron chi connectivity index (χ0n) is 9.65. The van der Waals surface area contributed by atoms with Gasteiger partial charge in [-0.05, 0) is 18.2 Å². The number of hydrogen-bond acceptors (Lipinski definition) is 4. The number of aromatic nitrogens is 1. The Balaban J connectivity index is 2.45. The molecule has 106 valence electrons. The molecule has 4 nitrogen and oxygen atoms in total. The minimum absolute atomic E-state index is 0.0880. The monoisotopic (exact) mass is 354 g/mol. The number of nitrogens with zero attached hydrogens (tertiary/aromatic N) is 1. The smallest absolute Gasteiger partial charge is 0.161 e. The average molecular weight is 356 g/mol. The number of halogens is 5. The maximum Gasteiger partial charge on any atom is 0.161 e. The first-order valence-electron chi connectivity index (χ1n) is 5.16. The largest absolute Gasteiger partial charge is 0.336 e. The molecule has 0 atom stereocenters. The highest BCUT2D eigenvalue weighted by molar-refractivity contribution is 6.40. The molecule has 0 bridgehead atoms. The maximum absolute atomic E-state index is 13.1. The Morgan fingerprint density at radius 2 is 1.45 bits per heavy atom. The van der Waals surface area contributed by atoms with Gasteiger partial charge in [0.15, 0.2) is 11.6 Å². The fraction of sp³-hybridized carbons (Fsp3) is 0. The Morgan fingerprint density at radius 3 is 2.00 bits per heavy atom. The van der Waals surface area contributed by atoms with Gasteiger partial charge >= 0.3 is 0 Å². The molecule has 4 N–H and O–H groups in total. The van der Waals surface area contributed by atoms with E-state index in [1.807, 2.05) is 0 Å². The van der Waals surface area contributed by atoms with E-state index in [0.29, 0.717) is 0 Å². The number of anilines is 3. The van der Waals surface area contributed by atoms with Gasteiger partial charge in [-0.1, -0.05) is 46.4 Å². The van der Waals surface area contributed by atoms with E-state index in [-0.39, 0.29) is 37.4 Å². The third-order valence-electron chi connectivity index (χ3n) is 2.32. The molecule has 0 amide bonds. The van der Waals surface area contributed by atoms with Crippen LogP contribution in [0.25, 0.3) is 0 Å². The molecule has 2 rings (SSSR count). The summed E-state index contributed by atoms with van der Waals surface area (Å²) in [5, 5.41) is 3.46. The van der Waals surface area contributed by atoms with Crippen molar-refractivity contribution in [1.82, 2.24) is 4.98 Å². The molecule has 0 spiro atoms. The quantitative estimate of drug-likeness (QED) is 0.543. The van der Waals surface area contributed by atoms with Crippen LogP contribution in [0.5, 0.6) is 0 Å². The van der Waals surface area contributed by atoms with Gasteiger partial charge in [0.05, 0.1) is 25.8 Å². The van der Waals surface area contributed by atoms with Crippen molar-refractivity contribution in [2.45, 2.75) is 0 Å². The van der Waals surface area contributed by atoms with Gasteiger partial charge in [0, 0.05) is 0 Å². The van der Waals surface area contributed by atoms with Gasteiger partial charge in [0.2, 0.25) is 0 Å². The lowest BCUT2D eigenvalue weighted by atomic mass is 10.3. The predicted molar refractivity (Wildman–Crippen MR) is 81.8 cm³/mol. The second kappa shape index (κ2) is 6.20. The molecule has 0 saturated carbocycles. The van der Waals surface area contributed by atoms with Crippen LogP contribution in [0.4, 0.5) is 21.7 Å². The van der Waals surface area contributed by atoms with E-state index in [2.05, 4.69) is 15.7 Å². The molecule has 1 heterocycles. The molecule has 0 radical (unpaired) electrons. The number of nitrogens with two attached hydrogens (primary N) is 1. The van der Waals surface area contributed by atoms with Crippen molar-refractivity contribution in [3.63, 3.8) is 0 Å². The van der Waals surface area contributed by atoms with Crippen molar-refractivity contribution in [3.8, 4) is 0 Å². The van der Waals surface area contributed by atoms with E-state index >= 15 is 0 Å². The van der Waals surface area contributed by atoms with Crippen molar-refractivity contribution < 1.29 is 4.39 Å². The summed E-state index contributed by atoms with van der Waals surface area (Å²) in [7, 11) is 0. The fourth-order valence-electron chi connectivity index (χ4n) is 1.44. The summed E-state index contributed by atoms with van der Waals surface area (Å²) in [5.41, 5.74) is 2.59. The van der Waals surface area contributed by atoms with Gasteiger partial charge in [-0.15, -0.1) is 0 Å². The number of rotatable bonds is 3. The van der Waals surface area contributed by atoms with Crippen LogP contribution in [0.1, 0.15) is 0 Å². The van der Waals surface area contributed by atoms with Gasteiger partial charge in [0.1, 0.15) is 5.82 Å². The van der Waals surface area contributed by atoms with E-state index in [4.69, 9.17) is 52.2 Å². The predicted octanol–water partition coefficient (Wildman–Crippen LogP) is 4.86. The van der Waals surface area contributed by atoms with Crippen LogP contribution in [0.15, 0.2) is 18.2 Å². The third kappa shape index (κ3) is 3.19. The molecule has 0 fully saturated rings. The first-order valence-corrected chi connectivity index (χ1v) is 6.67. The molecule has 2 aromatic rings. The zero-order valence-corrected chi connectivity index (χ0v) is 12.7. The highest BCUT2D eigenvalue weighted by Crippen LogP contribution is 2.36. The van der Waals surface area contributed by atoms with Crippen LogP contribution in [0.3, 0.4) is 0 Å². The van der Waals surface area contributed by atoms with Crippen LogP contribution in [0, 0.1) is 5.82 Å². The normalized spacial score (nSPS) is 10.5. The summed E-state index contributed by atoms with van der Waals surface area (Å²) in [6.07, 6.45) is 0. The van der Waals surface area contributed by atoms with Gasteiger partial charge in [0.25, 0.3) is 0 Å². The van der Waals surface area contributed by atoms with E-state index in [1.165, 1.54) is 6.07 Å². The highest BCUT2D eigenvalue weighted by Gasteiger charge is 2.13. The molecule has 0 unspecified atom stereocenters. The van der Waals surface area contributed by atoms with Crippen LogP contribution < -0.4 is 16.6 Å². The molecular formula is C11H7Cl4FN4. The minimum atomic E-state index is -0.551. The summed E-state index contributed by atoms with van der Waals surface area (Å²) >= 11 is 23.7. The average Bonchev–Trinajstić information content (AvgIpc) is 2.35. The summed E-state index contributed by atoms with van der Waals surface area (Å²) in [6, 6.07) is 3.67. The first kappa shape index (κ1) is 15.4. The van der Waals surface area contributed by atoms with Gasteiger partial charge in [-0.2, -0.15) is 0 Å². The molecule has 1 aromatic carbocycles. The number of benzene rings is 1. The molecular weight excluding hydrogens is 349 g/mol. The molecule has 20 heavy (non-hydrogen) atoms. The third-order valence-corrected chi connectivity index (χ3v) is 3.49. The van der Waals surface area contributed by atoms with Crippen molar-refractivity contribution in [1.29, 1.82) is 0 Å². The lowest BCUT2D eigenvalue weighted by molar-refractivity contribution is 0.628. The first-order chi connectivity index (χ1) is 9.42. The number of hydrazine groups is 1. The van der Waals surface area contributed by atoms with Crippen molar-refractivity contribution >= 4 is 63.7 Å². The molecule has 0 aliphatic carbocycles. The van der Waals surface area contributed by atoms with Crippen molar-refractivity contribution in [3.05, 3.63) is 44.1 Å². The minimum Gasteiger partial charge on any atom is -0.336 e. The number of pyridine rings is 1. The summed E-state index contributed by atoms with van der Waals surface area (Å²) in [5.74, 6) is 5.16. The van der Waals surface area contributed by atoms with Crippen LogP contribution in [-0.2, 0) is 0 Å². The standard InChI is InChI=1S/C11H7Cl4FN4/c12-5-1-4(16)2-6(13)9(5)18-10-7(14)3-8(15)11(19-10)20-17/h1-3H,17H2,(H2,18,19,20). The Hall–Kier alpha value is -0.980. The Labute approximate surface area is 133 Å². The van der Waals surface area contributed by atoms with Gasteiger partial charge < -0.3 is 10.7 Å². The summed E-state index contributed by atoms with van der Waals surface area (Å²) in [4.78, 5) is 4.07.